The summed E-state index contributed by atoms with van der Waals surface area (Å²) in [6.07, 6.45) is 3.79. The Morgan fingerprint density at radius 1 is 1.15 bits per heavy atom. The predicted molar refractivity (Wildman–Crippen MR) is 104 cm³/mol. The number of pyridine rings is 1. The lowest BCUT2D eigenvalue weighted by Gasteiger charge is -2.21. The molecule has 2 atom stereocenters. The zero-order valence-corrected chi connectivity index (χ0v) is 15.2. The van der Waals surface area contributed by atoms with E-state index in [0.717, 1.165) is 27.6 Å². The SMILES string of the molecule is CC(O)CC(Oc1ccc2cc(CCC(=O)O)ccc2c1)c1cccnc1. The number of carbonyl (C=O) groups is 1. The molecule has 0 aliphatic carbocycles. The summed E-state index contributed by atoms with van der Waals surface area (Å²) in [4.78, 5) is 14.9. The van der Waals surface area contributed by atoms with E-state index in [1.165, 1.54) is 0 Å². The summed E-state index contributed by atoms with van der Waals surface area (Å²) in [6, 6.07) is 15.6. The van der Waals surface area contributed by atoms with E-state index < -0.39 is 12.1 Å². The molecule has 0 saturated heterocycles. The lowest BCUT2D eigenvalue weighted by Crippen LogP contribution is -2.14. The van der Waals surface area contributed by atoms with Crippen LogP contribution in [0.3, 0.4) is 0 Å². The number of hydrogen-bond donors (Lipinski definition) is 2. The van der Waals surface area contributed by atoms with Crippen LogP contribution >= 0.6 is 0 Å². The van der Waals surface area contributed by atoms with E-state index >= 15 is 0 Å². The van der Waals surface area contributed by atoms with E-state index in [1.54, 1.807) is 19.3 Å². The molecule has 0 bridgehead atoms. The van der Waals surface area contributed by atoms with Crippen molar-refractivity contribution >= 4 is 16.7 Å². The number of carboxylic acid groups (broad SMARTS) is 1. The van der Waals surface area contributed by atoms with Crippen molar-refractivity contribution in [1.82, 2.24) is 4.98 Å². The fourth-order valence-corrected chi connectivity index (χ4v) is 3.05. The topological polar surface area (TPSA) is 79.7 Å². The minimum Gasteiger partial charge on any atom is -0.486 e. The van der Waals surface area contributed by atoms with Gasteiger partial charge in [0.15, 0.2) is 0 Å². The highest BCUT2D eigenvalue weighted by Gasteiger charge is 2.16. The molecule has 1 heterocycles. The molecule has 0 fully saturated rings. The molecular weight excluding hydrogens is 342 g/mol. The van der Waals surface area contributed by atoms with E-state index in [4.69, 9.17) is 9.84 Å². The number of aliphatic hydroxyl groups is 1. The maximum Gasteiger partial charge on any atom is 0.303 e. The minimum absolute atomic E-state index is 0.124. The van der Waals surface area contributed by atoms with Gasteiger partial charge in [0.05, 0.1) is 6.10 Å². The molecule has 0 saturated carbocycles. The molecule has 2 unspecified atom stereocenters. The van der Waals surface area contributed by atoms with E-state index in [9.17, 15) is 9.90 Å². The molecule has 2 aromatic carbocycles. The quantitative estimate of drug-likeness (QED) is 0.627. The van der Waals surface area contributed by atoms with Gasteiger partial charge in [-0.2, -0.15) is 0 Å². The van der Waals surface area contributed by atoms with Crippen molar-refractivity contribution in [2.45, 2.75) is 38.4 Å². The number of rotatable bonds is 8. The number of fused-ring (bicyclic) bond motifs is 1. The number of aliphatic hydroxyl groups excluding tert-OH is 1. The normalized spacial score (nSPS) is 13.3. The first-order valence-corrected chi connectivity index (χ1v) is 9.00. The van der Waals surface area contributed by atoms with Crippen LogP contribution in [0.15, 0.2) is 60.9 Å². The van der Waals surface area contributed by atoms with Gasteiger partial charge in [-0.15, -0.1) is 0 Å². The Kier molecular flexibility index (Phi) is 6.04. The fourth-order valence-electron chi connectivity index (χ4n) is 3.05. The van der Waals surface area contributed by atoms with Crippen molar-refractivity contribution in [3.8, 4) is 5.75 Å². The standard InChI is InChI=1S/C22H23NO4/c1-15(24)11-21(19-3-2-10-23-14-19)27-20-8-7-17-12-16(5-9-22(25)26)4-6-18(17)13-20/h2-4,6-8,10,12-15,21,24H,5,9,11H2,1H3,(H,25,26). The van der Waals surface area contributed by atoms with Crippen molar-refractivity contribution < 1.29 is 19.7 Å². The summed E-state index contributed by atoms with van der Waals surface area (Å²) in [5.74, 6) is -0.0753. The van der Waals surface area contributed by atoms with Crippen LogP contribution in [0.4, 0.5) is 0 Å². The first kappa shape index (κ1) is 18.9. The molecule has 0 aliphatic rings. The molecule has 5 heteroatoms. The van der Waals surface area contributed by atoms with Gasteiger partial charge in [0, 0.05) is 30.8 Å². The average molecular weight is 365 g/mol. The van der Waals surface area contributed by atoms with Crippen LogP contribution in [0.5, 0.6) is 5.75 Å². The first-order valence-electron chi connectivity index (χ1n) is 9.00. The van der Waals surface area contributed by atoms with Gasteiger partial charge in [-0.3, -0.25) is 9.78 Å². The number of aliphatic carboxylic acids is 1. The molecule has 0 spiro atoms. The van der Waals surface area contributed by atoms with E-state index in [-0.39, 0.29) is 12.5 Å². The molecule has 140 valence electrons. The van der Waals surface area contributed by atoms with Crippen molar-refractivity contribution in [3.63, 3.8) is 0 Å². The molecule has 27 heavy (non-hydrogen) atoms. The number of hydrogen-bond acceptors (Lipinski definition) is 4. The summed E-state index contributed by atoms with van der Waals surface area (Å²) >= 11 is 0. The summed E-state index contributed by atoms with van der Waals surface area (Å²) in [5.41, 5.74) is 1.92. The molecule has 0 amide bonds. The van der Waals surface area contributed by atoms with Gasteiger partial charge in [0.25, 0.3) is 0 Å². The lowest BCUT2D eigenvalue weighted by molar-refractivity contribution is -0.136. The number of benzene rings is 2. The van der Waals surface area contributed by atoms with E-state index in [0.29, 0.717) is 12.8 Å². The highest BCUT2D eigenvalue weighted by atomic mass is 16.5. The highest BCUT2D eigenvalue weighted by Crippen LogP contribution is 2.29. The third kappa shape index (κ3) is 5.28. The number of ether oxygens (including phenoxy) is 1. The molecule has 3 aromatic rings. The second kappa shape index (κ2) is 8.64. The third-order valence-corrected chi connectivity index (χ3v) is 4.39. The monoisotopic (exact) mass is 365 g/mol. The molecular formula is C22H23NO4. The minimum atomic E-state index is -0.793. The third-order valence-electron chi connectivity index (χ3n) is 4.39. The zero-order chi connectivity index (χ0) is 19.2. The second-order valence-corrected chi connectivity index (χ2v) is 6.71. The van der Waals surface area contributed by atoms with Gasteiger partial charge < -0.3 is 14.9 Å². The van der Waals surface area contributed by atoms with Crippen molar-refractivity contribution in [3.05, 3.63) is 72.1 Å². The maximum absolute atomic E-state index is 10.7. The Bertz CT molecular complexity index is 909. The maximum atomic E-state index is 10.7. The van der Waals surface area contributed by atoms with Gasteiger partial charge in [-0.1, -0.05) is 30.3 Å². The lowest BCUT2D eigenvalue weighted by atomic mass is 10.0. The van der Waals surface area contributed by atoms with Crippen molar-refractivity contribution in [2.75, 3.05) is 0 Å². The van der Waals surface area contributed by atoms with Gasteiger partial charge >= 0.3 is 5.97 Å². The van der Waals surface area contributed by atoms with Gasteiger partial charge in [-0.25, -0.2) is 0 Å². The van der Waals surface area contributed by atoms with Gasteiger partial charge in [-0.05, 0) is 47.9 Å². The zero-order valence-electron chi connectivity index (χ0n) is 15.2. The van der Waals surface area contributed by atoms with Crippen LogP contribution in [-0.4, -0.2) is 27.3 Å². The van der Waals surface area contributed by atoms with Crippen LogP contribution in [-0.2, 0) is 11.2 Å². The van der Waals surface area contributed by atoms with Crippen LogP contribution in [0, 0.1) is 0 Å². The Morgan fingerprint density at radius 2 is 1.93 bits per heavy atom. The first-order chi connectivity index (χ1) is 13.0. The fraction of sp³-hybridized carbons (Fsp3) is 0.273. The molecule has 5 nitrogen and oxygen atoms in total. The van der Waals surface area contributed by atoms with E-state index in [2.05, 4.69) is 4.98 Å². The number of aryl methyl sites for hydroxylation is 1. The Hall–Kier alpha value is -2.92. The Labute approximate surface area is 158 Å². The van der Waals surface area contributed by atoms with Crippen LogP contribution in [0.2, 0.25) is 0 Å². The number of nitrogens with zero attached hydrogens (tertiary/aromatic N) is 1. The second-order valence-electron chi connectivity index (χ2n) is 6.71. The summed E-state index contributed by atoms with van der Waals surface area (Å²) in [6.45, 7) is 1.74. The summed E-state index contributed by atoms with van der Waals surface area (Å²) in [5, 5.41) is 20.7. The largest absolute Gasteiger partial charge is 0.486 e. The van der Waals surface area contributed by atoms with Gasteiger partial charge in [0.1, 0.15) is 11.9 Å². The van der Waals surface area contributed by atoms with Crippen LogP contribution in [0.1, 0.15) is 37.0 Å². The predicted octanol–water partition coefficient (Wildman–Crippen LogP) is 4.14. The number of aromatic nitrogens is 1. The molecule has 3 rings (SSSR count). The summed E-state index contributed by atoms with van der Waals surface area (Å²) < 4.78 is 6.15. The van der Waals surface area contributed by atoms with Crippen molar-refractivity contribution in [2.24, 2.45) is 0 Å². The Balaban J connectivity index is 1.80. The summed E-state index contributed by atoms with van der Waals surface area (Å²) in [7, 11) is 0. The van der Waals surface area contributed by atoms with Crippen LogP contribution < -0.4 is 4.74 Å². The molecule has 0 radical (unpaired) electrons. The average Bonchev–Trinajstić information content (AvgIpc) is 2.66. The molecule has 0 aliphatic heterocycles. The smallest absolute Gasteiger partial charge is 0.303 e. The van der Waals surface area contributed by atoms with E-state index in [1.807, 2.05) is 48.5 Å². The molecule has 1 aromatic heterocycles. The van der Waals surface area contributed by atoms with Gasteiger partial charge in [0.2, 0.25) is 0 Å². The highest BCUT2D eigenvalue weighted by molar-refractivity contribution is 5.84. The number of carboxylic acids is 1. The van der Waals surface area contributed by atoms with Crippen LogP contribution in [0.25, 0.3) is 10.8 Å². The Morgan fingerprint density at radius 3 is 2.63 bits per heavy atom. The molecule has 2 N–H and O–H groups in total. The van der Waals surface area contributed by atoms with Crippen molar-refractivity contribution in [1.29, 1.82) is 0 Å².